The van der Waals surface area contributed by atoms with Crippen LogP contribution in [0.3, 0.4) is 0 Å². The van der Waals surface area contributed by atoms with Crippen molar-refractivity contribution in [3.8, 4) is 0 Å². The fraction of sp³-hybridized carbons (Fsp3) is 0.556. The van der Waals surface area contributed by atoms with E-state index in [9.17, 15) is 5.11 Å². The predicted molar refractivity (Wildman–Crippen MR) is 86.5 cm³/mol. The highest BCUT2D eigenvalue weighted by Crippen LogP contribution is 2.44. The first kappa shape index (κ1) is 13.2. The van der Waals surface area contributed by atoms with Crippen molar-refractivity contribution in [1.82, 2.24) is 4.98 Å². The molecule has 2 fully saturated rings. The van der Waals surface area contributed by atoms with Crippen LogP contribution in [0.2, 0.25) is 0 Å². The Balaban J connectivity index is 1.59. The first-order valence-corrected chi connectivity index (χ1v) is 8.32. The largest absolute Gasteiger partial charge is 0.387 e. The lowest BCUT2D eigenvalue weighted by atomic mass is 9.65. The van der Waals surface area contributed by atoms with Crippen molar-refractivity contribution >= 4 is 16.6 Å². The minimum Gasteiger partial charge on any atom is -0.387 e. The molecule has 3 heteroatoms. The summed E-state index contributed by atoms with van der Waals surface area (Å²) < 4.78 is 0. The SMILES string of the molecule is O[C@]12CCCC[C@@H]1CCC[C@H]2Nc1ccc2[nH]ccc2c1. The number of hydrogen-bond donors (Lipinski definition) is 3. The average Bonchev–Trinajstić information content (AvgIpc) is 2.95. The number of fused-ring (bicyclic) bond motifs is 2. The van der Waals surface area contributed by atoms with Crippen LogP contribution in [-0.2, 0) is 0 Å². The molecule has 0 amide bonds. The number of aliphatic hydroxyl groups is 1. The minimum absolute atomic E-state index is 0.202. The molecule has 0 aliphatic heterocycles. The maximum atomic E-state index is 11.2. The van der Waals surface area contributed by atoms with Crippen LogP contribution in [0.1, 0.15) is 44.9 Å². The lowest BCUT2D eigenvalue weighted by Crippen LogP contribution is -2.56. The van der Waals surface area contributed by atoms with E-state index in [1.807, 2.05) is 6.20 Å². The first-order valence-electron chi connectivity index (χ1n) is 8.32. The van der Waals surface area contributed by atoms with Gasteiger partial charge in [0.2, 0.25) is 0 Å². The molecule has 3 N–H and O–H groups in total. The van der Waals surface area contributed by atoms with Gasteiger partial charge in [0.25, 0.3) is 0 Å². The van der Waals surface area contributed by atoms with Crippen molar-refractivity contribution in [2.75, 3.05) is 5.32 Å². The Kier molecular flexibility index (Phi) is 3.18. The van der Waals surface area contributed by atoms with Gasteiger partial charge in [0.05, 0.1) is 11.6 Å². The van der Waals surface area contributed by atoms with Crippen molar-refractivity contribution in [2.24, 2.45) is 5.92 Å². The summed E-state index contributed by atoms with van der Waals surface area (Å²) in [5.74, 6) is 0.494. The quantitative estimate of drug-likeness (QED) is 0.779. The molecule has 2 aliphatic carbocycles. The molecule has 3 atom stereocenters. The number of hydrogen-bond acceptors (Lipinski definition) is 2. The molecule has 2 aromatic rings. The van der Waals surface area contributed by atoms with Crippen LogP contribution in [-0.4, -0.2) is 21.7 Å². The van der Waals surface area contributed by atoms with Gasteiger partial charge in [0, 0.05) is 22.8 Å². The number of nitrogens with one attached hydrogen (secondary N) is 2. The van der Waals surface area contributed by atoms with Gasteiger partial charge in [-0.3, -0.25) is 0 Å². The molecule has 1 aromatic heterocycles. The molecular formula is C18H24N2O. The van der Waals surface area contributed by atoms with Crippen LogP contribution < -0.4 is 5.32 Å². The zero-order valence-electron chi connectivity index (χ0n) is 12.4. The Bertz CT molecular complexity index is 633. The second-order valence-corrected chi connectivity index (χ2v) is 6.84. The first-order chi connectivity index (χ1) is 10.3. The van der Waals surface area contributed by atoms with Gasteiger partial charge in [0.15, 0.2) is 0 Å². The Hall–Kier alpha value is -1.48. The van der Waals surface area contributed by atoms with E-state index in [2.05, 4.69) is 34.6 Å². The standard InChI is InChI=1S/C18H24N2O/c21-18-10-2-1-4-14(18)5-3-6-17(18)20-15-7-8-16-13(12-15)9-11-19-16/h7-9,11-12,14,17,19-21H,1-6,10H2/t14-,17-,18-/m1/s1. The van der Waals surface area contributed by atoms with E-state index in [1.54, 1.807) is 0 Å². The second-order valence-electron chi connectivity index (χ2n) is 6.84. The monoisotopic (exact) mass is 284 g/mol. The molecule has 1 aromatic carbocycles. The zero-order chi connectivity index (χ0) is 14.3. The molecule has 0 unspecified atom stereocenters. The minimum atomic E-state index is -0.496. The van der Waals surface area contributed by atoms with Crippen molar-refractivity contribution < 1.29 is 5.11 Å². The third-order valence-electron chi connectivity index (χ3n) is 5.63. The van der Waals surface area contributed by atoms with Crippen molar-refractivity contribution in [3.05, 3.63) is 30.5 Å². The molecule has 21 heavy (non-hydrogen) atoms. The topological polar surface area (TPSA) is 48.0 Å². The Morgan fingerprint density at radius 3 is 2.95 bits per heavy atom. The summed E-state index contributed by atoms with van der Waals surface area (Å²) in [5.41, 5.74) is 1.80. The third kappa shape index (κ3) is 2.24. The van der Waals surface area contributed by atoms with Crippen LogP contribution in [0.4, 0.5) is 5.69 Å². The molecule has 2 saturated carbocycles. The second kappa shape index (κ2) is 5.06. The van der Waals surface area contributed by atoms with Crippen LogP contribution in [0.25, 0.3) is 10.9 Å². The van der Waals surface area contributed by atoms with Crippen LogP contribution >= 0.6 is 0 Å². The smallest absolute Gasteiger partial charge is 0.0875 e. The fourth-order valence-electron chi connectivity index (χ4n) is 4.47. The van der Waals surface area contributed by atoms with Gasteiger partial charge in [-0.1, -0.05) is 19.3 Å². The van der Waals surface area contributed by atoms with E-state index >= 15 is 0 Å². The molecule has 0 radical (unpaired) electrons. The Labute approximate surface area is 125 Å². The van der Waals surface area contributed by atoms with E-state index in [0.29, 0.717) is 5.92 Å². The van der Waals surface area contributed by atoms with Crippen LogP contribution in [0.5, 0.6) is 0 Å². The highest BCUT2D eigenvalue weighted by Gasteiger charge is 2.47. The van der Waals surface area contributed by atoms with E-state index in [4.69, 9.17) is 0 Å². The van der Waals surface area contributed by atoms with Gasteiger partial charge in [-0.2, -0.15) is 0 Å². The van der Waals surface area contributed by atoms with E-state index in [1.165, 1.54) is 43.0 Å². The zero-order valence-corrected chi connectivity index (χ0v) is 12.4. The lowest BCUT2D eigenvalue weighted by Gasteiger charge is -2.49. The van der Waals surface area contributed by atoms with Crippen LogP contribution in [0, 0.1) is 5.92 Å². The molecule has 1 heterocycles. The van der Waals surface area contributed by atoms with E-state index in [0.717, 1.165) is 18.5 Å². The maximum absolute atomic E-state index is 11.2. The summed E-state index contributed by atoms with van der Waals surface area (Å²) >= 11 is 0. The molecule has 2 aliphatic rings. The van der Waals surface area contributed by atoms with Gasteiger partial charge in [0.1, 0.15) is 0 Å². The molecule has 0 saturated heterocycles. The summed E-state index contributed by atoms with van der Waals surface area (Å²) in [6.07, 6.45) is 10.1. The molecule has 0 bridgehead atoms. The molecular weight excluding hydrogens is 260 g/mol. The third-order valence-corrected chi connectivity index (χ3v) is 5.63. The van der Waals surface area contributed by atoms with Gasteiger partial charge in [-0.25, -0.2) is 0 Å². The summed E-state index contributed by atoms with van der Waals surface area (Å²) in [6.45, 7) is 0. The average molecular weight is 284 g/mol. The highest BCUT2D eigenvalue weighted by atomic mass is 16.3. The number of H-pyrrole nitrogens is 1. The van der Waals surface area contributed by atoms with Crippen molar-refractivity contribution in [2.45, 2.75) is 56.6 Å². The summed E-state index contributed by atoms with van der Waals surface area (Å²) in [7, 11) is 0. The van der Waals surface area contributed by atoms with Gasteiger partial charge < -0.3 is 15.4 Å². The molecule has 0 spiro atoms. The molecule has 4 rings (SSSR count). The van der Waals surface area contributed by atoms with E-state index < -0.39 is 5.60 Å². The van der Waals surface area contributed by atoms with E-state index in [-0.39, 0.29) is 6.04 Å². The van der Waals surface area contributed by atoms with Crippen LogP contribution in [0.15, 0.2) is 30.5 Å². The number of aromatic nitrogens is 1. The number of anilines is 1. The Morgan fingerprint density at radius 2 is 2.00 bits per heavy atom. The number of aromatic amines is 1. The highest BCUT2D eigenvalue weighted by molar-refractivity contribution is 5.83. The number of benzene rings is 1. The Morgan fingerprint density at radius 1 is 1.10 bits per heavy atom. The normalized spacial score (nSPS) is 32.8. The summed E-state index contributed by atoms with van der Waals surface area (Å²) in [6, 6.07) is 8.71. The maximum Gasteiger partial charge on any atom is 0.0875 e. The van der Waals surface area contributed by atoms with Gasteiger partial charge in [-0.05, 0) is 55.9 Å². The van der Waals surface area contributed by atoms with Gasteiger partial charge in [-0.15, -0.1) is 0 Å². The fourth-order valence-corrected chi connectivity index (χ4v) is 4.47. The van der Waals surface area contributed by atoms with Crippen molar-refractivity contribution in [3.63, 3.8) is 0 Å². The lowest BCUT2D eigenvalue weighted by molar-refractivity contribution is -0.0835. The number of rotatable bonds is 2. The summed E-state index contributed by atoms with van der Waals surface area (Å²) in [5, 5.41) is 16.1. The van der Waals surface area contributed by atoms with Gasteiger partial charge >= 0.3 is 0 Å². The molecule has 3 nitrogen and oxygen atoms in total. The molecule has 112 valence electrons. The van der Waals surface area contributed by atoms with Crippen molar-refractivity contribution in [1.29, 1.82) is 0 Å². The predicted octanol–water partition coefficient (Wildman–Crippen LogP) is 4.05. The summed E-state index contributed by atoms with van der Waals surface area (Å²) in [4.78, 5) is 3.23.